The second kappa shape index (κ2) is 6.32. The normalized spacial score (nSPS) is 36.0. The third-order valence-corrected chi connectivity index (χ3v) is 8.05. The molecule has 1 aliphatic carbocycles. The smallest absolute Gasteiger partial charge is 0.340 e. The second-order valence-corrected chi connectivity index (χ2v) is 8.87. The first-order valence-corrected chi connectivity index (χ1v) is 9.27. The van der Waals surface area contributed by atoms with E-state index < -0.39 is 8.56 Å². The minimum absolute atomic E-state index is 0.0149. The Morgan fingerprint density at radius 2 is 1.82 bits per heavy atom. The predicted molar refractivity (Wildman–Crippen MR) is 70.1 cm³/mol. The first-order valence-electron chi connectivity index (χ1n) is 7.04. The van der Waals surface area contributed by atoms with Gasteiger partial charge < -0.3 is 13.6 Å². The van der Waals surface area contributed by atoms with Gasteiger partial charge in [0.2, 0.25) is 0 Å². The fraction of sp³-hybridized carbons (Fsp3) is 1.00. The average Bonchev–Trinajstić information content (AvgIpc) is 2.40. The lowest BCUT2D eigenvalue weighted by atomic mass is 9.91. The second-order valence-electron chi connectivity index (χ2n) is 5.50. The van der Waals surface area contributed by atoms with Gasteiger partial charge in [0.05, 0.1) is 0 Å². The van der Waals surface area contributed by atoms with E-state index in [9.17, 15) is 0 Å². The van der Waals surface area contributed by atoms with Crippen LogP contribution < -0.4 is 0 Å². The molecule has 0 aromatic rings. The van der Waals surface area contributed by atoms with Crippen molar-refractivity contribution in [3.05, 3.63) is 0 Å². The largest absolute Gasteiger partial charge is 0.398 e. The van der Waals surface area contributed by atoms with Gasteiger partial charge in [0, 0.05) is 14.2 Å². The van der Waals surface area contributed by atoms with Crippen molar-refractivity contribution in [1.82, 2.24) is 0 Å². The van der Waals surface area contributed by atoms with E-state index in [4.69, 9.17) is 13.6 Å². The van der Waals surface area contributed by atoms with Gasteiger partial charge in [0.15, 0.2) is 0 Å². The van der Waals surface area contributed by atoms with Gasteiger partial charge >= 0.3 is 8.56 Å². The summed E-state index contributed by atoms with van der Waals surface area (Å²) in [5, 5.41) is 0. The van der Waals surface area contributed by atoms with Crippen molar-refractivity contribution < 1.29 is 13.6 Å². The van der Waals surface area contributed by atoms with Gasteiger partial charge in [0.1, 0.15) is 6.29 Å². The summed E-state index contributed by atoms with van der Waals surface area (Å²) < 4.78 is 17.4. The molecule has 2 unspecified atom stereocenters. The van der Waals surface area contributed by atoms with Crippen molar-refractivity contribution in [3.63, 3.8) is 0 Å². The van der Waals surface area contributed by atoms with E-state index in [1.54, 1.807) is 7.11 Å². The van der Waals surface area contributed by atoms with Gasteiger partial charge in [-0.3, -0.25) is 0 Å². The molecule has 3 nitrogen and oxygen atoms in total. The molecule has 0 amide bonds. The van der Waals surface area contributed by atoms with E-state index in [0.29, 0.717) is 0 Å². The van der Waals surface area contributed by atoms with Crippen LogP contribution in [0, 0.1) is 5.92 Å². The molecule has 1 saturated carbocycles. The molecule has 0 aromatic carbocycles. The van der Waals surface area contributed by atoms with Crippen LogP contribution in [-0.4, -0.2) is 29.1 Å². The minimum Gasteiger partial charge on any atom is -0.398 e. The molecule has 0 N–H and O–H groups in total. The molecule has 0 aromatic heterocycles. The van der Waals surface area contributed by atoms with E-state index in [1.807, 2.05) is 7.11 Å². The van der Waals surface area contributed by atoms with Crippen molar-refractivity contribution in [3.8, 4) is 0 Å². The van der Waals surface area contributed by atoms with Crippen LogP contribution in [-0.2, 0) is 13.6 Å². The molecule has 2 fully saturated rings. The fourth-order valence-electron chi connectivity index (χ4n) is 3.28. The van der Waals surface area contributed by atoms with Crippen LogP contribution in [0.2, 0.25) is 12.1 Å². The van der Waals surface area contributed by atoms with Gasteiger partial charge in [-0.2, -0.15) is 0 Å². The summed E-state index contributed by atoms with van der Waals surface area (Å²) in [7, 11) is 1.63. The van der Waals surface area contributed by atoms with Gasteiger partial charge in [-0.1, -0.05) is 32.1 Å². The molecule has 1 aliphatic heterocycles. The third kappa shape index (κ3) is 3.53. The number of rotatable bonds is 4. The Bertz CT molecular complexity index is 231. The topological polar surface area (TPSA) is 27.7 Å². The number of hydrogen-bond donors (Lipinski definition) is 0. The van der Waals surface area contributed by atoms with Crippen molar-refractivity contribution >= 4 is 8.56 Å². The summed E-state index contributed by atoms with van der Waals surface area (Å²) in [5.41, 5.74) is 0. The average molecular weight is 258 g/mol. The Kier molecular flexibility index (Phi) is 5.03. The van der Waals surface area contributed by atoms with E-state index in [0.717, 1.165) is 18.4 Å². The van der Waals surface area contributed by atoms with Crippen LogP contribution in [0.5, 0.6) is 0 Å². The lowest BCUT2D eigenvalue weighted by molar-refractivity contribution is -0.0906. The number of methoxy groups -OCH3 is 1. The molecular formula is C13H26O3Si. The zero-order valence-corrected chi connectivity index (χ0v) is 12.2. The van der Waals surface area contributed by atoms with E-state index in [2.05, 4.69) is 0 Å². The van der Waals surface area contributed by atoms with E-state index >= 15 is 0 Å². The summed E-state index contributed by atoms with van der Waals surface area (Å²) in [6, 6.07) is 2.34. The minimum atomic E-state index is -1.95. The van der Waals surface area contributed by atoms with Gasteiger partial charge in [-0.15, -0.1) is 0 Å². The zero-order chi connectivity index (χ0) is 12.1. The summed E-state index contributed by atoms with van der Waals surface area (Å²) in [4.78, 5) is 0. The van der Waals surface area contributed by atoms with Crippen LogP contribution in [0.4, 0.5) is 0 Å². The monoisotopic (exact) mass is 258 g/mol. The van der Waals surface area contributed by atoms with Crippen LogP contribution >= 0.6 is 0 Å². The maximum absolute atomic E-state index is 6.17. The van der Waals surface area contributed by atoms with Crippen molar-refractivity contribution in [2.45, 2.75) is 63.3 Å². The molecule has 1 saturated heterocycles. The maximum atomic E-state index is 6.17. The predicted octanol–water partition coefficient (Wildman–Crippen LogP) is 3.44. The van der Waals surface area contributed by atoms with E-state index in [1.165, 1.54) is 44.6 Å². The first-order chi connectivity index (χ1) is 8.28. The molecule has 100 valence electrons. The number of hydrogen-bond acceptors (Lipinski definition) is 3. The third-order valence-electron chi connectivity index (χ3n) is 4.30. The van der Waals surface area contributed by atoms with E-state index in [-0.39, 0.29) is 6.29 Å². The molecule has 17 heavy (non-hydrogen) atoms. The van der Waals surface area contributed by atoms with Gasteiger partial charge in [-0.25, -0.2) is 0 Å². The Balaban J connectivity index is 1.92. The quantitative estimate of drug-likeness (QED) is 0.723. The van der Waals surface area contributed by atoms with Crippen molar-refractivity contribution in [2.24, 2.45) is 5.92 Å². The highest BCUT2D eigenvalue weighted by atomic mass is 28.4. The molecule has 4 heteroatoms. The van der Waals surface area contributed by atoms with Crippen molar-refractivity contribution in [1.29, 1.82) is 0 Å². The SMILES string of the molecule is COC1CCC[Si](CC2CCCCC2)(OC)O1. The Labute approximate surface area is 106 Å². The van der Waals surface area contributed by atoms with Crippen LogP contribution in [0.25, 0.3) is 0 Å². The van der Waals surface area contributed by atoms with Crippen LogP contribution in [0.15, 0.2) is 0 Å². The van der Waals surface area contributed by atoms with Gasteiger partial charge in [-0.05, 0) is 30.8 Å². The summed E-state index contributed by atoms with van der Waals surface area (Å²) >= 11 is 0. The first kappa shape index (κ1) is 13.5. The zero-order valence-electron chi connectivity index (χ0n) is 11.2. The van der Waals surface area contributed by atoms with Crippen molar-refractivity contribution in [2.75, 3.05) is 14.2 Å². The highest BCUT2D eigenvalue weighted by Crippen LogP contribution is 2.37. The lowest BCUT2D eigenvalue weighted by Gasteiger charge is -2.39. The molecular weight excluding hydrogens is 232 g/mol. The number of ether oxygens (including phenoxy) is 1. The molecule has 0 spiro atoms. The highest BCUT2D eigenvalue weighted by molar-refractivity contribution is 6.67. The molecule has 2 atom stereocenters. The Morgan fingerprint density at radius 1 is 1.06 bits per heavy atom. The molecule has 2 rings (SSSR count). The Hall–Kier alpha value is 0.0969. The summed E-state index contributed by atoms with van der Waals surface area (Å²) in [6.45, 7) is 0. The lowest BCUT2D eigenvalue weighted by Crippen LogP contribution is -2.49. The molecule has 0 bridgehead atoms. The molecule has 1 heterocycles. The molecule has 0 radical (unpaired) electrons. The highest BCUT2D eigenvalue weighted by Gasteiger charge is 2.43. The summed E-state index contributed by atoms with van der Waals surface area (Å²) in [6.07, 6.45) is 9.17. The van der Waals surface area contributed by atoms with Gasteiger partial charge in [0.25, 0.3) is 0 Å². The fourth-order valence-corrected chi connectivity index (χ4v) is 6.89. The molecule has 2 aliphatic rings. The maximum Gasteiger partial charge on any atom is 0.340 e. The standard InChI is InChI=1S/C13H26O3Si/c1-14-13-9-6-10-17(15-2,16-13)11-12-7-4-3-5-8-12/h12-13H,3-11H2,1-2H3. The van der Waals surface area contributed by atoms with Crippen LogP contribution in [0.3, 0.4) is 0 Å². The summed E-state index contributed by atoms with van der Waals surface area (Å²) in [5.74, 6) is 0.839. The Morgan fingerprint density at radius 3 is 2.47 bits per heavy atom. The van der Waals surface area contributed by atoms with Crippen LogP contribution in [0.1, 0.15) is 44.9 Å².